The number of carbonyl (C=O) groups is 3. The van der Waals surface area contributed by atoms with Gasteiger partial charge in [-0.1, -0.05) is 72.8 Å². The molecule has 2 amide bonds. The molecule has 0 aliphatic heterocycles. The zero-order valence-corrected chi connectivity index (χ0v) is 19.1. The van der Waals surface area contributed by atoms with Crippen molar-refractivity contribution in [2.75, 3.05) is 0 Å². The van der Waals surface area contributed by atoms with Crippen molar-refractivity contribution in [3.05, 3.63) is 102 Å². The summed E-state index contributed by atoms with van der Waals surface area (Å²) in [6, 6.07) is 21.3. The average molecular weight is 476 g/mol. The van der Waals surface area contributed by atoms with Gasteiger partial charge in [-0.2, -0.15) is 0 Å². The van der Waals surface area contributed by atoms with Gasteiger partial charge >= 0.3 is 5.97 Å². The van der Waals surface area contributed by atoms with Gasteiger partial charge in [-0.05, 0) is 35.2 Å². The van der Waals surface area contributed by atoms with Crippen molar-refractivity contribution in [3.63, 3.8) is 0 Å². The van der Waals surface area contributed by atoms with Gasteiger partial charge in [-0.3, -0.25) is 9.59 Å². The number of benzene rings is 3. The standard InChI is InChI=1S/C27H29N3O5/c28-22(15-18-7-3-1-4-8-18)25(32)29-23(16-20-11-13-21(31)14-12-20)26(33)30-24(27(34)35)17-19-9-5-2-6-10-19/h1-14,22-24,31H,15-17,28H2,(H,29,32)(H,30,33)(H,34,35). The van der Waals surface area contributed by atoms with E-state index in [9.17, 15) is 24.6 Å². The fourth-order valence-electron chi connectivity index (χ4n) is 3.64. The maximum atomic E-state index is 13.2. The third-order valence-corrected chi connectivity index (χ3v) is 5.54. The summed E-state index contributed by atoms with van der Waals surface area (Å²) in [5.74, 6) is -2.28. The van der Waals surface area contributed by atoms with E-state index in [1.165, 1.54) is 12.1 Å². The van der Waals surface area contributed by atoms with Crippen LogP contribution in [0.3, 0.4) is 0 Å². The van der Waals surface area contributed by atoms with Gasteiger partial charge in [-0.15, -0.1) is 0 Å². The third kappa shape index (κ3) is 7.97. The van der Waals surface area contributed by atoms with Crippen LogP contribution < -0.4 is 16.4 Å². The van der Waals surface area contributed by atoms with Crippen LogP contribution in [0.5, 0.6) is 5.75 Å². The zero-order chi connectivity index (χ0) is 25.2. The van der Waals surface area contributed by atoms with Gasteiger partial charge in [-0.25, -0.2) is 4.79 Å². The highest BCUT2D eigenvalue weighted by Gasteiger charge is 2.28. The van der Waals surface area contributed by atoms with E-state index >= 15 is 0 Å². The molecule has 3 aromatic carbocycles. The molecule has 3 atom stereocenters. The monoisotopic (exact) mass is 475 g/mol. The molecule has 0 saturated heterocycles. The molecule has 0 bridgehead atoms. The Labute approximate surface area is 203 Å². The summed E-state index contributed by atoms with van der Waals surface area (Å²) in [7, 11) is 0. The van der Waals surface area contributed by atoms with Crippen molar-refractivity contribution in [3.8, 4) is 5.75 Å². The average Bonchev–Trinajstić information content (AvgIpc) is 2.85. The maximum absolute atomic E-state index is 13.2. The lowest BCUT2D eigenvalue weighted by Gasteiger charge is -2.23. The van der Waals surface area contributed by atoms with Crippen LogP contribution in [0.15, 0.2) is 84.9 Å². The van der Waals surface area contributed by atoms with Gasteiger partial charge < -0.3 is 26.6 Å². The number of nitrogens with one attached hydrogen (secondary N) is 2. The maximum Gasteiger partial charge on any atom is 0.326 e. The Morgan fingerprint density at radius 2 is 1.11 bits per heavy atom. The first kappa shape index (κ1) is 25.5. The van der Waals surface area contributed by atoms with E-state index in [2.05, 4.69) is 10.6 Å². The summed E-state index contributed by atoms with van der Waals surface area (Å²) in [5.41, 5.74) is 8.40. The quantitative estimate of drug-likeness (QED) is 0.286. The second-order valence-corrected chi connectivity index (χ2v) is 8.32. The van der Waals surface area contributed by atoms with E-state index in [0.717, 1.165) is 11.1 Å². The first-order valence-corrected chi connectivity index (χ1v) is 11.3. The molecular weight excluding hydrogens is 446 g/mol. The first-order valence-electron chi connectivity index (χ1n) is 11.3. The third-order valence-electron chi connectivity index (χ3n) is 5.54. The molecule has 0 aliphatic carbocycles. The van der Waals surface area contributed by atoms with Crippen molar-refractivity contribution < 1.29 is 24.6 Å². The van der Waals surface area contributed by atoms with Crippen LogP contribution in [0.2, 0.25) is 0 Å². The Morgan fingerprint density at radius 1 is 0.657 bits per heavy atom. The predicted octanol–water partition coefficient (Wildman–Crippen LogP) is 1.80. The number of aromatic hydroxyl groups is 1. The smallest absolute Gasteiger partial charge is 0.326 e. The molecule has 3 aromatic rings. The number of rotatable bonds is 11. The van der Waals surface area contributed by atoms with E-state index in [1.54, 1.807) is 36.4 Å². The van der Waals surface area contributed by atoms with Crippen molar-refractivity contribution in [2.24, 2.45) is 5.73 Å². The molecule has 0 aliphatic rings. The van der Waals surface area contributed by atoms with Gasteiger partial charge in [0.25, 0.3) is 0 Å². The highest BCUT2D eigenvalue weighted by Crippen LogP contribution is 2.12. The largest absolute Gasteiger partial charge is 0.508 e. The van der Waals surface area contributed by atoms with Crippen LogP contribution in [0.4, 0.5) is 0 Å². The molecule has 3 unspecified atom stereocenters. The van der Waals surface area contributed by atoms with Crippen molar-refractivity contribution >= 4 is 17.8 Å². The van der Waals surface area contributed by atoms with Crippen LogP contribution in [-0.2, 0) is 33.6 Å². The molecule has 0 spiro atoms. The molecule has 0 fully saturated rings. The van der Waals surface area contributed by atoms with Crippen LogP contribution in [0.1, 0.15) is 16.7 Å². The Hall–Kier alpha value is -4.17. The Bertz CT molecular complexity index is 1120. The van der Waals surface area contributed by atoms with E-state index in [-0.39, 0.29) is 25.0 Å². The molecule has 0 aromatic heterocycles. The predicted molar refractivity (Wildman–Crippen MR) is 132 cm³/mol. The number of aliphatic carboxylic acids is 1. The molecular formula is C27H29N3O5. The van der Waals surface area contributed by atoms with Gasteiger partial charge in [0.1, 0.15) is 17.8 Å². The Morgan fingerprint density at radius 3 is 1.66 bits per heavy atom. The van der Waals surface area contributed by atoms with Crippen LogP contribution in [0.25, 0.3) is 0 Å². The molecule has 3 rings (SSSR count). The fourth-order valence-corrected chi connectivity index (χ4v) is 3.64. The van der Waals surface area contributed by atoms with E-state index < -0.39 is 35.9 Å². The Balaban J connectivity index is 1.74. The number of carbonyl (C=O) groups excluding carboxylic acids is 2. The molecule has 0 heterocycles. The van der Waals surface area contributed by atoms with E-state index in [1.807, 2.05) is 36.4 Å². The molecule has 0 radical (unpaired) electrons. The minimum absolute atomic E-state index is 0.0671. The summed E-state index contributed by atoms with van der Waals surface area (Å²) in [5, 5.41) is 24.4. The summed E-state index contributed by atoms with van der Waals surface area (Å²) in [6.45, 7) is 0. The number of carboxylic acids is 1. The normalized spacial score (nSPS) is 13.3. The molecule has 35 heavy (non-hydrogen) atoms. The minimum Gasteiger partial charge on any atom is -0.508 e. The second-order valence-electron chi connectivity index (χ2n) is 8.32. The SMILES string of the molecule is NC(Cc1ccccc1)C(=O)NC(Cc1ccc(O)cc1)C(=O)NC(Cc1ccccc1)C(=O)O. The lowest BCUT2D eigenvalue weighted by atomic mass is 10.0. The van der Waals surface area contributed by atoms with Crippen molar-refractivity contribution in [1.29, 1.82) is 0 Å². The molecule has 0 saturated carbocycles. The Kier molecular flexibility index (Phi) is 8.97. The number of amides is 2. The second kappa shape index (κ2) is 12.3. The fraction of sp³-hybridized carbons (Fsp3) is 0.222. The summed E-state index contributed by atoms with van der Waals surface area (Å²) in [4.78, 5) is 37.8. The number of phenols is 1. The number of carboxylic acid groups (broad SMARTS) is 1. The summed E-state index contributed by atoms with van der Waals surface area (Å²) >= 11 is 0. The number of hydrogen-bond donors (Lipinski definition) is 5. The van der Waals surface area contributed by atoms with Gasteiger partial charge in [0.05, 0.1) is 6.04 Å². The van der Waals surface area contributed by atoms with Crippen LogP contribution >= 0.6 is 0 Å². The molecule has 8 nitrogen and oxygen atoms in total. The minimum atomic E-state index is -1.18. The summed E-state index contributed by atoms with van der Waals surface area (Å²) in [6.07, 6.45) is 0.467. The highest BCUT2D eigenvalue weighted by molar-refractivity contribution is 5.92. The van der Waals surface area contributed by atoms with E-state index in [4.69, 9.17) is 5.73 Å². The van der Waals surface area contributed by atoms with Crippen LogP contribution in [-0.4, -0.2) is 46.1 Å². The molecule has 182 valence electrons. The van der Waals surface area contributed by atoms with Crippen molar-refractivity contribution in [1.82, 2.24) is 10.6 Å². The lowest BCUT2D eigenvalue weighted by molar-refractivity contribution is -0.142. The molecule has 8 heteroatoms. The zero-order valence-electron chi connectivity index (χ0n) is 19.1. The first-order chi connectivity index (χ1) is 16.8. The number of hydrogen-bond acceptors (Lipinski definition) is 5. The summed E-state index contributed by atoms with van der Waals surface area (Å²) < 4.78 is 0. The lowest BCUT2D eigenvalue weighted by Crippen LogP contribution is -2.55. The molecule has 6 N–H and O–H groups in total. The van der Waals surface area contributed by atoms with Crippen molar-refractivity contribution in [2.45, 2.75) is 37.4 Å². The number of nitrogens with two attached hydrogens (primary N) is 1. The highest BCUT2D eigenvalue weighted by atomic mass is 16.4. The number of phenolic OH excluding ortho intramolecular Hbond substituents is 1. The van der Waals surface area contributed by atoms with E-state index in [0.29, 0.717) is 5.56 Å². The van der Waals surface area contributed by atoms with Gasteiger partial charge in [0.2, 0.25) is 11.8 Å². The topological polar surface area (TPSA) is 142 Å². The van der Waals surface area contributed by atoms with Crippen LogP contribution in [0, 0.1) is 0 Å². The van der Waals surface area contributed by atoms with Gasteiger partial charge in [0.15, 0.2) is 0 Å². The van der Waals surface area contributed by atoms with Gasteiger partial charge in [0, 0.05) is 12.8 Å².